The van der Waals surface area contributed by atoms with Crippen molar-refractivity contribution in [3.63, 3.8) is 0 Å². The molecule has 1 heterocycles. The molecule has 0 amide bonds. The van der Waals surface area contributed by atoms with Gasteiger partial charge in [0.15, 0.2) is 0 Å². The predicted octanol–water partition coefficient (Wildman–Crippen LogP) is 17.0. The van der Waals surface area contributed by atoms with Gasteiger partial charge in [-0.3, -0.25) is 0 Å². The number of hydrogen-bond donors (Lipinski definition) is 0. The fraction of sp³-hybridized carbons (Fsp3) is 0.0333. The van der Waals surface area contributed by atoms with Crippen molar-refractivity contribution < 1.29 is 0 Å². The van der Waals surface area contributed by atoms with E-state index in [-0.39, 0.29) is 0 Å². The Balaban J connectivity index is 0.901. The van der Waals surface area contributed by atoms with E-state index in [9.17, 15) is 0 Å². The molecule has 0 saturated heterocycles. The standard InChI is InChI=1S/C60H41NS/c1-5-15-42(16-6-1)54-39-53(58(45-17-7-2-8-18-45)60-52-26-14-20-44-19-13-25-51(57(44)52)59(54)60)43-32-29-40(30-33-43)27-28-41-31-35-49-50-36-34-48(38-56(50)62-55(49)37-41)61(46-21-9-3-10-22-46)47-23-11-4-12-24-47/h1-33,35,37-39H,34,36H2/b28-27+. The molecule has 0 spiro atoms. The van der Waals surface area contributed by atoms with Gasteiger partial charge >= 0.3 is 0 Å². The summed E-state index contributed by atoms with van der Waals surface area (Å²) < 4.78 is 1.34. The van der Waals surface area contributed by atoms with Crippen molar-refractivity contribution in [1.29, 1.82) is 0 Å². The van der Waals surface area contributed by atoms with E-state index in [4.69, 9.17) is 0 Å². The molecular weight excluding hydrogens is 767 g/mol. The second kappa shape index (κ2) is 15.2. The Morgan fingerprint density at radius 1 is 0.419 bits per heavy atom. The molecule has 0 aliphatic heterocycles. The molecule has 0 radical (unpaired) electrons. The predicted molar refractivity (Wildman–Crippen MR) is 267 cm³/mol. The highest BCUT2D eigenvalue weighted by Gasteiger charge is 2.30. The lowest BCUT2D eigenvalue weighted by Crippen LogP contribution is -2.18. The summed E-state index contributed by atoms with van der Waals surface area (Å²) in [4.78, 5) is 3.79. The minimum absolute atomic E-state index is 0.996. The van der Waals surface area contributed by atoms with E-state index in [0.717, 1.165) is 12.8 Å². The van der Waals surface area contributed by atoms with Gasteiger partial charge in [-0.2, -0.15) is 0 Å². The average Bonchev–Trinajstić information content (AvgIpc) is 3.88. The van der Waals surface area contributed by atoms with E-state index in [0.29, 0.717) is 0 Å². The maximum Gasteiger partial charge on any atom is 0.0458 e. The number of hydrogen-bond acceptors (Lipinski definition) is 2. The van der Waals surface area contributed by atoms with Gasteiger partial charge in [-0.05, 0) is 144 Å². The van der Waals surface area contributed by atoms with Crippen LogP contribution in [0.4, 0.5) is 11.4 Å². The van der Waals surface area contributed by atoms with Crippen LogP contribution in [0.15, 0.2) is 212 Å². The quantitative estimate of drug-likeness (QED) is 0.138. The Hall–Kier alpha value is -7.52. The molecule has 0 bridgehead atoms. The number of rotatable bonds is 8. The number of nitrogens with zero attached hydrogens (tertiary/aromatic N) is 1. The molecule has 2 aliphatic carbocycles. The van der Waals surface area contributed by atoms with Crippen molar-refractivity contribution >= 4 is 61.8 Å². The third-order valence-corrected chi connectivity index (χ3v) is 13.8. The smallest absolute Gasteiger partial charge is 0.0458 e. The van der Waals surface area contributed by atoms with Crippen LogP contribution in [0.2, 0.25) is 0 Å². The van der Waals surface area contributed by atoms with Crippen LogP contribution in [-0.2, 0) is 6.42 Å². The van der Waals surface area contributed by atoms with Gasteiger partial charge in [0.25, 0.3) is 0 Å². The van der Waals surface area contributed by atoms with Gasteiger partial charge in [0, 0.05) is 26.6 Å². The molecule has 1 aromatic heterocycles. The van der Waals surface area contributed by atoms with Gasteiger partial charge in [0.1, 0.15) is 0 Å². The lowest BCUT2D eigenvalue weighted by Gasteiger charge is -2.30. The molecule has 10 aromatic rings. The lowest BCUT2D eigenvalue weighted by molar-refractivity contribution is 0.906. The lowest BCUT2D eigenvalue weighted by atomic mass is 9.82. The summed E-state index contributed by atoms with van der Waals surface area (Å²) >= 11 is 1.91. The number of fused-ring (bicyclic) bond motifs is 6. The number of allylic oxidation sites excluding steroid dienone is 1. The van der Waals surface area contributed by atoms with Crippen LogP contribution in [-0.4, -0.2) is 0 Å². The van der Waals surface area contributed by atoms with Gasteiger partial charge < -0.3 is 4.90 Å². The molecule has 0 N–H and O–H groups in total. The second-order valence-corrected chi connectivity index (χ2v) is 17.4. The van der Waals surface area contributed by atoms with Crippen LogP contribution >= 0.6 is 11.3 Å². The Morgan fingerprint density at radius 2 is 0.984 bits per heavy atom. The highest BCUT2D eigenvalue weighted by molar-refractivity contribution is 7.20. The van der Waals surface area contributed by atoms with Crippen LogP contribution in [0.5, 0.6) is 0 Å². The Bertz CT molecular complexity index is 3310. The molecule has 1 nitrogen and oxygen atoms in total. The van der Waals surface area contributed by atoms with Crippen LogP contribution < -0.4 is 4.90 Å². The topological polar surface area (TPSA) is 3.24 Å². The van der Waals surface area contributed by atoms with Gasteiger partial charge in [-0.25, -0.2) is 0 Å². The molecule has 2 aliphatic rings. The SMILES string of the molecule is C1=C(N(c2ccccc2)c2ccccc2)CCc2c1sc1cc(/C=C/c3ccc(-c4cc(-c5ccccc5)c5c(c4-c4ccccc4)-c4cccc6cccc-5c46)cc3)ccc21. The molecular formula is C60H41NS. The summed E-state index contributed by atoms with van der Waals surface area (Å²) in [6.07, 6.45) is 8.96. The van der Waals surface area contributed by atoms with Crippen molar-refractivity contribution in [2.75, 3.05) is 4.90 Å². The third kappa shape index (κ3) is 6.22. The molecule has 2 heteroatoms. The van der Waals surface area contributed by atoms with Crippen molar-refractivity contribution in [3.05, 3.63) is 234 Å². The maximum absolute atomic E-state index is 2.45. The number of para-hydroxylation sites is 2. The number of benzene rings is 9. The molecule has 0 unspecified atom stereocenters. The molecule has 12 rings (SSSR count). The van der Waals surface area contributed by atoms with E-state index >= 15 is 0 Å². The molecule has 0 fully saturated rings. The summed E-state index contributed by atoms with van der Waals surface area (Å²) in [5, 5.41) is 4.01. The van der Waals surface area contributed by atoms with E-state index < -0.39 is 0 Å². The first kappa shape index (κ1) is 36.3. The third-order valence-electron chi connectivity index (χ3n) is 12.7. The minimum atomic E-state index is 0.996. The summed E-state index contributed by atoms with van der Waals surface area (Å²) in [5.41, 5.74) is 20.3. The van der Waals surface area contributed by atoms with E-state index in [1.807, 2.05) is 11.3 Å². The van der Waals surface area contributed by atoms with Crippen molar-refractivity contribution in [1.82, 2.24) is 0 Å². The molecule has 9 aromatic carbocycles. The highest BCUT2D eigenvalue weighted by atomic mass is 32.1. The number of aryl methyl sites for hydroxylation is 1. The fourth-order valence-electron chi connectivity index (χ4n) is 9.89. The molecule has 0 saturated carbocycles. The van der Waals surface area contributed by atoms with Crippen LogP contribution in [0, 0.1) is 0 Å². The van der Waals surface area contributed by atoms with Crippen molar-refractivity contribution in [2.45, 2.75) is 12.8 Å². The summed E-state index contributed by atoms with van der Waals surface area (Å²) in [6.45, 7) is 0. The van der Waals surface area contributed by atoms with Crippen molar-refractivity contribution in [3.8, 4) is 55.6 Å². The first-order valence-corrected chi connectivity index (χ1v) is 22.4. The van der Waals surface area contributed by atoms with Gasteiger partial charge in [-0.1, -0.05) is 182 Å². The first-order valence-electron chi connectivity index (χ1n) is 21.5. The normalized spacial score (nSPS) is 12.7. The fourth-order valence-corrected chi connectivity index (χ4v) is 11.1. The summed E-state index contributed by atoms with van der Waals surface area (Å²) in [5.74, 6) is 0. The Kier molecular flexibility index (Phi) is 8.90. The zero-order chi connectivity index (χ0) is 41.0. The van der Waals surface area contributed by atoms with Gasteiger partial charge in [0.2, 0.25) is 0 Å². The first-order chi connectivity index (χ1) is 30.7. The van der Waals surface area contributed by atoms with Gasteiger partial charge in [0.05, 0.1) is 0 Å². The van der Waals surface area contributed by atoms with Crippen LogP contribution in [0.25, 0.3) is 94.7 Å². The van der Waals surface area contributed by atoms with Gasteiger partial charge in [-0.15, -0.1) is 11.3 Å². The average molecular weight is 808 g/mol. The van der Waals surface area contributed by atoms with Crippen molar-refractivity contribution in [2.24, 2.45) is 0 Å². The zero-order valence-electron chi connectivity index (χ0n) is 34.1. The second-order valence-electron chi connectivity index (χ2n) is 16.3. The van der Waals surface area contributed by atoms with Crippen LogP contribution in [0.1, 0.15) is 28.0 Å². The summed E-state index contributed by atoms with van der Waals surface area (Å²) in [7, 11) is 0. The molecule has 292 valence electrons. The van der Waals surface area contributed by atoms with E-state index in [1.165, 1.54) is 115 Å². The zero-order valence-corrected chi connectivity index (χ0v) is 34.9. The maximum atomic E-state index is 2.45. The molecule has 0 atom stereocenters. The Labute approximate surface area is 366 Å². The Morgan fingerprint density at radius 3 is 1.66 bits per heavy atom. The van der Waals surface area contributed by atoms with E-state index in [2.05, 4.69) is 229 Å². The number of thiophene rings is 1. The largest absolute Gasteiger partial charge is 0.314 e. The number of anilines is 2. The van der Waals surface area contributed by atoms with E-state index in [1.54, 1.807) is 0 Å². The van der Waals surface area contributed by atoms with Crippen LogP contribution in [0.3, 0.4) is 0 Å². The monoisotopic (exact) mass is 807 g/mol. The molecule has 62 heavy (non-hydrogen) atoms. The minimum Gasteiger partial charge on any atom is -0.314 e. The highest BCUT2D eigenvalue weighted by Crippen LogP contribution is 2.57. The summed E-state index contributed by atoms with van der Waals surface area (Å²) in [6, 6.07) is 75.5.